The molecule has 2 aromatic carbocycles. The molecule has 2 heterocycles. The highest BCUT2D eigenvalue weighted by atomic mass is 32.2. The van der Waals surface area contributed by atoms with E-state index in [-0.39, 0.29) is 22.2 Å². The van der Waals surface area contributed by atoms with Crippen molar-refractivity contribution in [2.75, 3.05) is 25.4 Å². The summed E-state index contributed by atoms with van der Waals surface area (Å²) in [5.41, 5.74) is 1.11. The second-order valence-electron chi connectivity index (χ2n) is 7.30. The highest BCUT2D eigenvalue weighted by molar-refractivity contribution is 8.00. The lowest BCUT2D eigenvalue weighted by Gasteiger charge is -2.44. The minimum absolute atomic E-state index is 0.0151. The van der Waals surface area contributed by atoms with Crippen molar-refractivity contribution in [2.24, 2.45) is 0 Å². The summed E-state index contributed by atoms with van der Waals surface area (Å²) in [6.07, 6.45) is 4.83. The van der Waals surface area contributed by atoms with E-state index in [1.807, 2.05) is 46.2 Å². The normalized spacial score (nSPS) is 18.5. The summed E-state index contributed by atoms with van der Waals surface area (Å²) in [5.74, 6) is 0.0842. The van der Waals surface area contributed by atoms with E-state index in [2.05, 4.69) is 0 Å². The van der Waals surface area contributed by atoms with Crippen LogP contribution in [-0.4, -0.2) is 51.9 Å². The van der Waals surface area contributed by atoms with Gasteiger partial charge in [0.05, 0.1) is 10.4 Å². The first-order valence-electron chi connectivity index (χ1n) is 9.82. The molecular formula is C23H23FN2O2S. The van der Waals surface area contributed by atoms with Crippen LogP contribution in [0.25, 0.3) is 6.08 Å². The van der Waals surface area contributed by atoms with Gasteiger partial charge in [0.1, 0.15) is 5.82 Å². The van der Waals surface area contributed by atoms with Crippen LogP contribution in [0.5, 0.6) is 0 Å². The summed E-state index contributed by atoms with van der Waals surface area (Å²) in [7, 11) is 0. The van der Waals surface area contributed by atoms with Crippen molar-refractivity contribution >= 4 is 29.7 Å². The van der Waals surface area contributed by atoms with E-state index < -0.39 is 5.82 Å². The Bertz CT molecular complexity index is 923. The molecule has 2 aliphatic rings. The number of halogens is 1. The molecule has 1 spiro atoms. The lowest BCUT2D eigenvalue weighted by molar-refractivity contribution is -0.127. The predicted molar refractivity (Wildman–Crippen MR) is 114 cm³/mol. The molecule has 6 heteroatoms. The number of nitrogens with zero attached hydrogens (tertiary/aromatic N) is 2. The third kappa shape index (κ3) is 4.08. The Kier molecular flexibility index (Phi) is 5.72. The smallest absolute Gasteiger partial charge is 0.257 e. The summed E-state index contributed by atoms with van der Waals surface area (Å²) in [6.45, 7) is 1.79. The Labute approximate surface area is 174 Å². The molecule has 29 heavy (non-hydrogen) atoms. The highest BCUT2D eigenvalue weighted by Gasteiger charge is 2.47. The summed E-state index contributed by atoms with van der Waals surface area (Å²) in [4.78, 5) is 28.9. The Hall–Kier alpha value is -2.60. The van der Waals surface area contributed by atoms with Gasteiger partial charge in [0.15, 0.2) is 0 Å². The zero-order chi connectivity index (χ0) is 20.3. The SMILES string of the molecule is O=C(/C=C/c1ccccc1)N1CCC2(CC1)SCCN2C(=O)c1ccccc1F. The van der Waals surface area contributed by atoms with Gasteiger partial charge in [0, 0.05) is 31.5 Å². The molecule has 2 fully saturated rings. The van der Waals surface area contributed by atoms with E-state index in [1.54, 1.807) is 36.0 Å². The predicted octanol–water partition coefficient (Wildman–Crippen LogP) is 4.05. The number of thioether (sulfide) groups is 1. The van der Waals surface area contributed by atoms with Crippen molar-refractivity contribution in [3.8, 4) is 0 Å². The molecule has 0 N–H and O–H groups in total. The minimum Gasteiger partial charge on any atom is -0.339 e. The standard InChI is InChI=1S/C23H23FN2O2S/c24-20-9-5-4-8-19(20)22(28)26-16-17-29-23(26)12-14-25(15-13-23)21(27)11-10-18-6-2-1-3-7-18/h1-11H,12-17H2/b11-10+. The number of likely N-dealkylation sites (tertiary alicyclic amines) is 1. The van der Waals surface area contributed by atoms with Gasteiger partial charge in [0.25, 0.3) is 5.91 Å². The first kappa shape index (κ1) is 19.7. The van der Waals surface area contributed by atoms with Crippen molar-refractivity contribution in [3.05, 3.63) is 77.6 Å². The molecule has 2 amide bonds. The second kappa shape index (κ2) is 8.41. The number of rotatable bonds is 3. The van der Waals surface area contributed by atoms with Gasteiger partial charge in [-0.25, -0.2) is 4.39 Å². The Morgan fingerprint density at radius 1 is 0.966 bits per heavy atom. The van der Waals surface area contributed by atoms with E-state index in [9.17, 15) is 14.0 Å². The van der Waals surface area contributed by atoms with E-state index in [0.717, 1.165) is 11.3 Å². The molecule has 0 atom stereocenters. The topological polar surface area (TPSA) is 40.6 Å². The Balaban J connectivity index is 1.42. The lowest BCUT2D eigenvalue weighted by Crippen LogP contribution is -2.53. The zero-order valence-corrected chi connectivity index (χ0v) is 16.9. The quantitative estimate of drug-likeness (QED) is 0.717. The van der Waals surface area contributed by atoms with Crippen LogP contribution in [0.4, 0.5) is 4.39 Å². The number of benzene rings is 2. The van der Waals surface area contributed by atoms with Crippen molar-refractivity contribution in [1.29, 1.82) is 0 Å². The van der Waals surface area contributed by atoms with Gasteiger partial charge in [-0.15, -0.1) is 11.8 Å². The monoisotopic (exact) mass is 410 g/mol. The fourth-order valence-electron chi connectivity index (χ4n) is 4.00. The maximum Gasteiger partial charge on any atom is 0.257 e. The minimum atomic E-state index is -0.483. The van der Waals surface area contributed by atoms with E-state index >= 15 is 0 Å². The zero-order valence-electron chi connectivity index (χ0n) is 16.1. The molecule has 2 aromatic rings. The van der Waals surface area contributed by atoms with Gasteiger partial charge >= 0.3 is 0 Å². The molecule has 4 rings (SSSR count). The fraction of sp³-hybridized carbons (Fsp3) is 0.304. The molecule has 0 bridgehead atoms. The number of hydrogen-bond donors (Lipinski definition) is 0. The molecule has 0 aliphatic carbocycles. The van der Waals surface area contributed by atoms with Crippen LogP contribution in [0.1, 0.15) is 28.8 Å². The van der Waals surface area contributed by atoms with Crippen LogP contribution in [0.2, 0.25) is 0 Å². The molecule has 0 saturated carbocycles. The van der Waals surface area contributed by atoms with Gasteiger partial charge in [0.2, 0.25) is 5.91 Å². The number of hydrogen-bond acceptors (Lipinski definition) is 3. The summed E-state index contributed by atoms with van der Waals surface area (Å²) in [5, 5.41) is 0. The van der Waals surface area contributed by atoms with Gasteiger partial charge in [-0.05, 0) is 36.6 Å². The molecule has 0 unspecified atom stereocenters. The molecule has 150 valence electrons. The van der Waals surface area contributed by atoms with E-state index in [0.29, 0.717) is 32.5 Å². The third-order valence-electron chi connectivity index (χ3n) is 5.60. The lowest BCUT2D eigenvalue weighted by atomic mass is 10.0. The number of carbonyl (C=O) groups is 2. The molecule has 0 aromatic heterocycles. The first-order valence-corrected chi connectivity index (χ1v) is 10.8. The molecule has 4 nitrogen and oxygen atoms in total. The Morgan fingerprint density at radius 3 is 2.38 bits per heavy atom. The summed E-state index contributed by atoms with van der Waals surface area (Å²) < 4.78 is 14.1. The third-order valence-corrected chi connectivity index (χ3v) is 7.15. The van der Waals surface area contributed by atoms with Crippen LogP contribution < -0.4 is 0 Å². The summed E-state index contributed by atoms with van der Waals surface area (Å²) >= 11 is 1.75. The van der Waals surface area contributed by atoms with Crippen LogP contribution >= 0.6 is 11.8 Å². The van der Waals surface area contributed by atoms with Crippen molar-refractivity contribution in [1.82, 2.24) is 9.80 Å². The number of piperidine rings is 1. The highest BCUT2D eigenvalue weighted by Crippen LogP contribution is 2.44. The second-order valence-corrected chi connectivity index (χ2v) is 8.76. The van der Waals surface area contributed by atoms with Crippen molar-refractivity contribution < 1.29 is 14.0 Å². The largest absolute Gasteiger partial charge is 0.339 e. The van der Waals surface area contributed by atoms with Gasteiger partial charge in [-0.2, -0.15) is 0 Å². The average molecular weight is 411 g/mol. The van der Waals surface area contributed by atoms with Gasteiger partial charge in [-0.3, -0.25) is 9.59 Å². The first-order chi connectivity index (χ1) is 14.1. The maximum absolute atomic E-state index is 14.1. The van der Waals surface area contributed by atoms with E-state index in [4.69, 9.17) is 0 Å². The Morgan fingerprint density at radius 2 is 1.66 bits per heavy atom. The molecule has 2 saturated heterocycles. The number of carbonyl (C=O) groups excluding carboxylic acids is 2. The van der Waals surface area contributed by atoms with Crippen LogP contribution in [0.15, 0.2) is 60.7 Å². The van der Waals surface area contributed by atoms with Crippen molar-refractivity contribution in [2.45, 2.75) is 17.7 Å². The van der Waals surface area contributed by atoms with Crippen LogP contribution in [0.3, 0.4) is 0 Å². The molecular weight excluding hydrogens is 387 g/mol. The van der Waals surface area contributed by atoms with E-state index in [1.165, 1.54) is 6.07 Å². The van der Waals surface area contributed by atoms with Gasteiger partial charge in [-0.1, -0.05) is 42.5 Å². The van der Waals surface area contributed by atoms with Gasteiger partial charge < -0.3 is 9.80 Å². The summed E-state index contributed by atoms with van der Waals surface area (Å²) in [6, 6.07) is 15.9. The van der Waals surface area contributed by atoms with Crippen molar-refractivity contribution in [3.63, 3.8) is 0 Å². The molecule has 0 radical (unpaired) electrons. The maximum atomic E-state index is 14.1. The van der Waals surface area contributed by atoms with Crippen LogP contribution in [0, 0.1) is 5.82 Å². The van der Waals surface area contributed by atoms with Crippen LogP contribution in [-0.2, 0) is 4.79 Å². The number of amides is 2. The average Bonchev–Trinajstić information content (AvgIpc) is 3.16. The molecule has 2 aliphatic heterocycles. The fourth-order valence-corrected chi connectivity index (χ4v) is 5.46.